The van der Waals surface area contributed by atoms with Crippen LogP contribution < -0.4 is 0 Å². The van der Waals surface area contributed by atoms with Crippen molar-refractivity contribution in [3.8, 4) is 0 Å². The Hall–Kier alpha value is -3.10. The highest BCUT2D eigenvalue weighted by molar-refractivity contribution is 6.05. The first-order valence-corrected chi connectivity index (χ1v) is 9.79. The second kappa shape index (κ2) is 8.73. The smallest absolute Gasteiger partial charge is 0.357 e. The lowest BCUT2D eigenvalue weighted by molar-refractivity contribution is -0.0289. The van der Waals surface area contributed by atoms with Crippen LogP contribution in [0.4, 0.5) is 0 Å². The zero-order chi connectivity index (χ0) is 21.1. The van der Waals surface area contributed by atoms with Gasteiger partial charge in [0.05, 0.1) is 37.5 Å². The molecular formula is C22H22N2O6. The molecular weight excluding hydrogens is 388 g/mol. The Labute approximate surface area is 173 Å². The maximum atomic E-state index is 12.5. The van der Waals surface area contributed by atoms with E-state index in [-0.39, 0.29) is 24.6 Å². The van der Waals surface area contributed by atoms with Crippen molar-refractivity contribution in [1.29, 1.82) is 0 Å². The number of nitrogens with zero attached hydrogens (tertiary/aromatic N) is 2. The topological polar surface area (TPSA) is 96.8 Å². The van der Waals surface area contributed by atoms with Gasteiger partial charge in [-0.3, -0.25) is 0 Å². The van der Waals surface area contributed by atoms with E-state index in [0.717, 1.165) is 10.8 Å². The van der Waals surface area contributed by atoms with E-state index in [1.54, 1.807) is 38.1 Å². The van der Waals surface area contributed by atoms with Gasteiger partial charge in [-0.1, -0.05) is 24.3 Å². The number of carbonyl (C=O) groups excluding carboxylic acids is 2. The van der Waals surface area contributed by atoms with Gasteiger partial charge in [0.25, 0.3) is 0 Å². The third-order valence-electron chi connectivity index (χ3n) is 4.63. The molecule has 2 unspecified atom stereocenters. The average molecular weight is 410 g/mol. The third kappa shape index (κ3) is 4.39. The van der Waals surface area contributed by atoms with Gasteiger partial charge in [-0.2, -0.15) is 0 Å². The lowest BCUT2D eigenvalue weighted by Crippen LogP contribution is -2.24. The fourth-order valence-corrected chi connectivity index (χ4v) is 3.17. The number of hydrogen-bond acceptors (Lipinski definition) is 8. The summed E-state index contributed by atoms with van der Waals surface area (Å²) in [5.41, 5.74) is 1.35. The molecule has 0 saturated carbocycles. The normalized spacial score (nSPS) is 21.5. The van der Waals surface area contributed by atoms with Gasteiger partial charge in [-0.15, -0.1) is 0 Å². The second-order valence-electron chi connectivity index (χ2n) is 7.18. The standard InChI is InChI=1S/C22H22N2O6/c1-13-11-27-9-10-28-12-14(2)30-22(26)18-8-6-16-4-3-15-5-7-17(21(25)29-13)23-19(15)20(16)24-18/h3-8,13-14H,9-12H2,1-2H3. The molecule has 4 rings (SSSR count). The second-order valence-corrected chi connectivity index (χ2v) is 7.18. The highest BCUT2D eigenvalue weighted by Gasteiger charge is 2.18. The summed E-state index contributed by atoms with van der Waals surface area (Å²) in [6.07, 6.45) is -0.878. The number of fused-ring (bicyclic) bond motifs is 2. The zero-order valence-electron chi connectivity index (χ0n) is 16.8. The SMILES string of the molecule is CC1COCCOCC(C)OC(=O)c2ccc3ccc4ccc(nc4c3n2)C(=O)O1. The number of rotatable bonds is 0. The van der Waals surface area contributed by atoms with Gasteiger partial charge < -0.3 is 18.9 Å². The van der Waals surface area contributed by atoms with Crippen molar-refractivity contribution in [3.63, 3.8) is 0 Å². The molecule has 2 aromatic heterocycles. The molecule has 0 spiro atoms. The lowest BCUT2D eigenvalue weighted by Gasteiger charge is -2.16. The van der Waals surface area contributed by atoms with Crippen LogP contribution in [0.5, 0.6) is 0 Å². The Morgan fingerprint density at radius 1 is 0.700 bits per heavy atom. The Morgan fingerprint density at radius 3 is 1.53 bits per heavy atom. The van der Waals surface area contributed by atoms with Crippen LogP contribution in [-0.4, -0.2) is 60.5 Å². The molecule has 3 heterocycles. The van der Waals surface area contributed by atoms with Crippen molar-refractivity contribution in [2.75, 3.05) is 26.4 Å². The molecule has 8 nitrogen and oxygen atoms in total. The summed E-state index contributed by atoms with van der Waals surface area (Å²) in [6.45, 7) is 4.64. The van der Waals surface area contributed by atoms with Crippen LogP contribution in [-0.2, 0) is 18.9 Å². The highest BCUT2D eigenvalue weighted by Crippen LogP contribution is 2.24. The molecule has 0 saturated heterocycles. The van der Waals surface area contributed by atoms with Crippen LogP contribution in [0.3, 0.4) is 0 Å². The number of benzene rings is 1. The number of aromatic nitrogens is 2. The molecule has 3 aromatic rings. The number of ether oxygens (including phenoxy) is 4. The van der Waals surface area contributed by atoms with Gasteiger partial charge in [-0.05, 0) is 26.0 Å². The van der Waals surface area contributed by atoms with Crippen molar-refractivity contribution < 1.29 is 28.5 Å². The Morgan fingerprint density at radius 2 is 1.10 bits per heavy atom. The predicted octanol–water partition coefficient (Wildman–Crippen LogP) is 2.92. The van der Waals surface area contributed by atoms with E-state index >= 15 is 0 Å². The third-order valence-corrected chi connectivity index (χ3v) is 4.63. The van der Waals surface area contributed by atoms with Crippen LogP contribution in [0, 0.1) is 0 Å². The number of hydrogen-bond donors (Lipinski definition) is 0. The summed E-state index contributed by atoms with van der Waals surface area (Å²) >= 11 is 0. The zero-order valence-corrected chi connectivity index (χ0v) is 16.8. The van der Waals surface area contributed by atoms with Gasteiger partial charge in [-0.25, -0.2) is 19.6 Å². The molecule has 1 aliphatic heterocycles. The van der Waals surface area contributed by atoms with E-state index in [1.807, 2.05) is 12.1 Å². The Balaban J connectivity index is 1.77. The molecule has 156 valence electrons. The van der Waals surface area contributed by atoms with Gasteiger partial charge in [0.2, 0.25) is 0 Å². The van der Waals surface area contributed by atoms with Crippen LogP contribution >= 0.6 is 0 Å². The number of cyclic esters (lactones) is 2. The summed E-state index contributed by atoms with van der Waals surface area (Å²) in [5, 5.41) is 1.59. The fraction of sp³-hybridized carbons (Fsp3) is 0.364. The van der Waals surface area contributed by atoms with E-state index in [0.29, 0.717) is 24.2 Å². The molecule has 0 amide bonds. The van der Waals surface area contributed by atoms with Crippen molar-refractivity contribution in [2.24, 2.45) is 0 Å². The van der Waals surface area contributed by atoms with Gasteiger partial charge >= 0.3 is 11.9 Å². The van der Waals surface area contributed by atoms with E-state index in [1.165, 1.54) is 0 Å². The Kier molecular flexibility index (Phi) is 5.87. The van der Waals surface area contributed by atoms with Crippen molar-refractivity contribution in [3.05, 3.63) is 47.8 Å². The minimum atomic E-state index is -0.549. The fourth-order valence-electron chi connectivity index (χ4n) is 3.17. The highest BCUT2D eigenvalue weighted by atomic mass is 16.6. The van der Waals surface area contributed by atoms with E-state index in [4.69, 9.17) is 18.9 Å². The molecule has 30 heavy (non-hydrogen) atoms. The maximum absolute atomic E-state index is 12.5. The minimum absolute atomic E-state index is 0.162. The summed E-state index contributed by atoms with van der Waals surface area (Å²) in [6, 6.07) is 10.6. The summed E-state index contributed by atoms with van der Waals surface area (Å²) in [7, 11) is 0. The first-order valence-electron chi connectivity index (χ1n) is 9.79. The van der Waals surface area contributed by atoms with Gasteiger partial charge in [0.1, 0.15) is 23.6 Å². The maximum Gasteiger partial charge on any atom is 0.357 e. The summed E-state index contributed by atoms with van der Waals surface area (Å²) in [5.74, 6) is -1.10. The molecule has 8 heteroatoms. The van der Waals surface area contributed by atoms with Gasteiger partial charge in [0, 0.05) is 10.8 Å². The quantitative estimate of drug-likeness (QED) is 0.412. The number of pyridine rings is 2. The first-order chi connectivity index (χ1) is 14.5. The monoisotopic (exact) mass is 410 g/mol. The average Bonchev–Trinajstić information content (AvgIpc) is 2.74. The van der Waals surface area contributed by atoms with E-state index in [9.17, 15) is 9.59 Å². The molecule has 0 radical (unpaired) electrons. The van der Waals surface area contributed by atoms with Crippen LogP contribution in [0.2, 0.25) is 0 Å². The van der Waals surface area contributed by atoms with Crippen molar-refractivity contribution in [1.82, 2.24) is 9.97 Å². The van der Waals surface area contributed by atoms with Crippen LogP contribution in [0.25, 0.3) is 21.8 Å². The molecule has 4 bridgehead atoms. The van der Waals surface area contributed by atoms with Crippen LogP contribution in [0.15, 0.2) is 36.4 Å². The molecule has 2 atom stereocenters. The molecule has 0 aliphatic carbocycles. The predicted molar refractivity (Wildman–Crippen MR) is 108 cm³/mol. The first kappa shape index (κ1) is 20.2. The van der Waals surface area contributed by atoms with Crippen molar-refractivity contribution >= 4 is 33.7 Å². The Bertz CT molecular complexity index is 1010. The minimum Gasteiger partial charge on any atom is -0.455 e. The molecule has 0 fully saturated rings. The molecule has 1 aliphatic rings. The number of carbonyl (C=O) groups is 2. The number of esters is 2. The summed E-state index contributed by atoms with van der Waals surface area (Å²) in [4.78, 5) is 34.0. The van der Waals surface area contributed by atoms with E-state index in [2.05, 4.69) is 9.97 Å². The molecule has 1 aromatic carbocycles. The molecule has 0 N–H and O–H groups in total. The van der Waals surface area contributed by atoms with E-state index < -0.39 is 24.1 Å². The van der Waals surface area contributed by atoms with Gasteiger partial charge in [0.15, 0.2) is 0 Å². The summed E-state index contributed by atoms with van der Waals surface area (Å²) < 4.78 is 21.8. The largest absolute Gasteiger partial charge is 0.455 e. The van der Waals surface area contributed by atoms with Crippen LogP contribution in [0.1, 0.15) is 34.8 Å². The lowest BCUT2D eigenvalue weighted by atomic mass is 10.1. The van der Waals surface area contributed by atoms with Crippen molar-refractivity contribution in [2.45, 2.75) is 26.1 Å².